The van der Waals surface area contributed by atoms with Gasteiger partial charge in [0, 0.05) is 30.6 Å². The lowest BCUT2D eigenvalue weighted by atomic mass is 10.0. The summed E-state index contributed by atoms with van der Waals surface area (Å²) in [6, 6.07) is 7.10. The van der Waals surface area contributed by atoms with Gasteiger partial charge in [0.2, 0.25) is 0 Å². The number of aromatic nitrogens is 2. The molecule has 0 aliphatic carbocycles. The highest BCUT2D eigenvalue weighted by Gasteiger charge is 2.43. The number of halogens is 2. The van der Waals surface area contributed by atoms with Crippen LogP contribution in [0, 0.1) is 11.2 Å². The summed E-state index contributed by atoms with van der Waals surface area (Å²) in [6.07, 6.45) is 3.31. The van der Waals surface area contributed by atoms with Crippen LogP contribution < -0.4 is 4.90 Å². The van der Waals surface area contributed by atoms with Crippen LogP contribution in [0.2, 0.25) is 5.02 Å². The molecule has 2 atom stereocenters. The fraction of sp³-hybridized carbons (Fsp3) is 0.481. The molecule has 5 rings (SSSR count). The van der Waals surface area contributed by atoms with E-state index in [0.717, 1.165) is 30.1 Å². The Kier molecular flexibility index (Phi) is 6.94. The van der Waals surface area contributed by atoms with Gasteiger partial charge in [-0.1, -0.05) is 32.4 Å². The first kappa shape index (κ1) is 26.9. The summed E-state index contributed by atoms with van der Waals surface area (Å²) in [6.45, 7) is 6.72. The molecule has 0 spiro atoms. The van der Waals surface area contributed by atoms with Gasteiger partial charge in [0.15, 0.2) is 9.84 Å². The van der Waals surface area contributed by atoms with Gasteiger partial charge in [0.05, 0.1) is 51.8 Å². The van der Waals surface area contributed by atoms with Crippen molar-refractivity contribution in [3.63, 3.8) is 0 Å². The summed E-state index contributed by atoms with van der Waals surface area (Å²) < 4.78 is 42.1. The summed E-state index contributed by atoms with van der Waals surface area (Å²) in [5.41, 5.74) is 1.37. The third-order valence-corrected chi connectivity index (χ3v) is 9.70. The number of carbonyl (C=O) groups is 1. The number of nitrogens with zero attached hydrogens (tertiary/aromatic N) is 4. The number of rotatable bonds is 6. The molecule has 2 aliphatic rings. The minimum absolute atomic E-state index is 0.00326. The van der Waals surface area contributed by atoms with Gasteiger partial charge in [-0.05, 0) is 48.6 Å². The molecule has 2 bridgehead atoms. The third-order valence-electron chi connectivity index (χ3n) is 7.19. The van der Waals surface area contributed by atoms with Crippen molar-refractivity contribution < 1.29 is 22.7 Å². The fourth-order valence-corrected chi connectivity index (χ4v) is 7.93. The van der Waals surface area contributed by atoms with Crippen LogP contribution in [-0.2, 0) is 16.4 Å². The van der Waals surface area contributed by atoms with E-state index in [-0.39, 0.29) is 52.4 Å². The van der Waals surface area contributed by atoms with Gasteiger partial charge in [-0.3, -0.25) is 9.48 Å². The van der Waals surface area contributed by atoms with Crippen LogP contribution in [0.4, 0.5) is 10.1 Å². The first-order chi connectivity index (χ1) is 17.9. The monoisotopic (exact) mass is 562 g/mol. The van der Waals surface area contributed by atoms with Gasteiger partial charge in [-0.15, -0.1) is 0 Å². The molecule has 2 unspecified atom stereocenters. The topological polar surface area (TPSA) is 95.7 Å². The first-order valence-electron chi connectivity index (χ1n) is 12.7. The number of aliphatic hydroxyl groups excluding tert-OH is 1. The van der Waals surface area contributed by atoms with Crippen LogP contribution >= 0.6 is 11.6 Å². The second-order valence-electron chi connectivity index (χ2n) is 11.4. The number of carbonyl (C=O) groups excluding carboxylic acids is 1. The SMILES string of the molecule is CC(C)(C)CS(=O)(=O)c1cc(N2C3CCC2CN(C(=O)c2ccc(F)cc2Cl)C3)c2c(cnn2CCO)c1. The zero-order chi connectivity index (χ0) is 27.4. The lowest BCUT2D eigenvalue weighted by Gasteiger charge is -2.43. The van der Waals surface area contributed by atoms with Crippen molar-refractivity contribution in [2.45, 2.75) is 57.1 Å². The van der Waals surface area contributed by atoms with Crippen LogP contribution in [-0.4, -0.2) is 71.6 Å². The maximum absolute atomic E-state index is 13.5. The Labute approximate surface area is 226 Å². The molecular weight excluding hydrogens is 531 g/mol. The van der Waals surface area contributed by atoms with Crippen molar-refractivity contribution in [2.75, 3.05) is 30.3 Å². The summed E-state index contributed by atoms with van der Waals surface area (Å²) in [4.78, 5) is 17.5. The number of benzene rings is 2. The lowest BCUT2D eigenvalue weighted by molar-refractivity contribution is 0.0718. The molecule has 0 radical (unpaired) electrons. The van der Waals surface area contributed by atoms with Crippen LogP contribution in [0.15, 0.2) is 41.4 Å². The fourth-order valence-electron chi connectivity index (χ4n) is 5.77. The Morgan fingerprint density at radius 1 is 1.16 bits per heavy atom. The van der Waals surface area contributed by atoms with E-state index >= 15 is 0 Å². The van der Waals surface area contributed by atoms with Crippen molar-refractivity contribution in [1.82, 2.24) is 14.7 Å². The van der Waals surface area contributed by atoms with Crippen molar-refractivity contribution in [2.24, 2.45) is 5.41 Å². The molecule has 2 aliphatic heterocycles. The van der Waals surface area contributed by atoms with Gasteiger partial charge in [-0.2, -0.15) is 5.10 Å². The van der Waals surface area contributed by atoms with E-state index in [2.05, 4.69) is 10.00 Å². The average Bonchev–Trinajstić information content (AvgIpc) is 3.34. The average molecular weight is 563 g/mol. The van der Waals surface area contributed by atoms with E-state index in [1.54, 1.807) is 27.9 Å². The Balaban J connectivity index is 1.54. The minimum Gasteiger partial charge on any atom is -0.394 e. The maximum atomic E-state index is 13.5. The molecule has 2 aromatic carbocycles. The highest BCUT2D eigenvalue weighted by molar-refractivity contribution is 7.91. The van der Waals surface area contributed by atoms with Gasteiger partial charge < -0.3 is 14.9 Å². The molecule has 8 nitrogen and oxygen atoms in total. The molecule has 11 heteroatoms. The maximum Gasteiger partial charge on any atom is 0.255 e. The predicted molar refractivity (Wildman–Crippen MR) is 145 cm³/mol. The molecule has 204 valence electrons. The zero-order valence-electron chi connectivity index (χ0n) is 21.7. The van der Waals surface area contributed by atoms with E-state index < -0.39 is 21.1 Å². The number of hydrogen-bond donors (Lipinski definition) is 1. The minimum atomic E-state index is -3.58. The molecule has 3 heterocycles. The number of amides is 1. The molecule has 2 fully saturated rings. The molecule has 0 saturated carbocycles. The quantitative estimate of drug-likeness (QED) is 0.485. The predicted octanol–water partition coefficient (Wildman–Crippen LogP) is 4.13. The number of piperazine rings is 1. The Hall–Kier alpha value is -2.69. The molecule has 3 aromatic rings. The second kappa shape index (κ2) is 9.81. The lowest BCUT2D eigenvalue weighted by Crippen LogP contribution is -2.55. The van der Waals surface area contributed by atoms with Gasteiger partial charge in [0.25, 0.3) is 5.91 Å². The van der Waals surface area contributed by atoms with Gasteiger partial charge in [-0.25, -0.2) is 12.8 Å². The Bertz CT molecular complexity index is 1490. The van der Waals surface area contributed by atoms with Crippen molar-refractivity contribution in [3.05, 3.63) is 52.9 Å². The highest BCUT2D eigenvalue weighted by Crippen LogP contribution is 2.41. The van der Waals surface area contributed by atoms with E-state index in [0.29, 0.717) is 18.5 Å². The normalized spacial score (nSPS) is 19.9. The summed E-state index contributed by atoms with van der Waals surface area (Å²) in [7, 11) is -3.58. The first-order valence-corrected chi connectivity index (χ1v) is 14.8. The molecule has 38 heavy (non-hydrogen) atoms. The summed E-state index contributed by atoms with van der Waals surface area (Å²) in [5.74, 6) is -0.742. The van der Waals surface area contributed by atoms with E-state index in [4.69, 9.17) is 11.6 Å². The molecular formula is C27H32ClFN4O4S. The smallest absolute Gasteiger partial charge is 0.255 e. The van der Waals surface area contributed by atoms with E-state index in [9.17, 15) is 22.7 Å². The number of anilines is 1. The number of fused-ring (bicyclic) bond motifs is 3. The van der Waals surface area contributed by atoms with Gasteiger partial charge in [0.1, 0.15) is 5.82 Å². The van der Waals surface area contributed by atoms with Crippen LogP contribution in [0.3, 0.4) is 0 Å². The number of sulfone groups is 1. The van der Waals surface area contributed by atoms with E-state index in [1.165, 1.54) is 12.1 Å². The Morgan fingerprint density at radius 2 is 1.84 bits per heavy atom. The third kappa shape index (κ3) is 5.01. The molecule has 2 saturated heterocycles. The zero-order valence-corrected chi connectivity index (χ0v) is 23.3. The van der Waals surface area contributed by atoms with E-state index in [1.807, 2.05) is 20.8 Å². The van der Waals surface area contributed by atoms with Crippen molar-refractivity contribution >= 4 is 43.9 Å². The second-order valence-corrected chi connectivity index (χ2v) is 13.8. The number of likely N-dealkylation sites (tertiary alicyclic amines) is 1. The highest BCUT2D eigenvalue weighted by atomic mass is 35.5. The Morgan fingerprint density at radius 3 is 2.45 bits per heavy atom. The number of aliphatic hydroxyl groups is 1. The van der Waals surface area contributed by atoms with Crippen molar-refractivity contribution in [3.8, 4) is 0 Å². The van der Waals surface area contributed by atoms with Crippen LogP contribution in [0.1, 0.15) is 44.0 Å². The summed E-state index contributed by atoms with van der Waals surface area (Å²) in [5, 5.41) is 14.8. The largest absolute Gasteiger partial charge is 0.394 e. The standard InChI is InChI=1S/C27H32ClFN4O4S/c1-27(2,3)16-38(36,37)21-10-17-13-30-32(8-9-34)25(17)24(12-21)33-19-5-6-20(33)15-31(14-19)26(35)22-7-4-18(29)11-23(22)28/h4,7,10-13,19-20,34H,5-6,8-9,14-16H2,1-3H3. The van der Waals surface area contributed by atoms with Gasteiger partial charge >= 0.3 is 0 Å². The summed E-state index contributed by atoms with van der Waals surface area (Å²) >= 11 is 6.18. The molecule has 1 amide bonds. The van der Waals surface area contributed by atoms with Crippen LogP contribution in [0.25, 0.3) is 10.9 Å². The molecule has 1 N–H and O–H groups in total. The number of hydrogen-bond acceptors (Lipinski definition) is 6. The van der Waals surface area contributed by atoms with Crippen molar-refractivity contribution in [1.29, 1.82) is 0 Å². The molecule has 1 aromatic heterocycles. The van der Waals surface area contributed by atoms with Crippen LogP contribution in [0.5, 0.6) is 0 Å².